The summed E-state index contributed by atoms with van der Waals surface area (Å²) >= 11 is 0. The number of halogens is 3. The van der Waals surface area contributed by atoms with E-state index in [0.29, 0.717) is 11.0 Å². The smallest absolute Gasteiger partial charge is 0.382 e. The molecule has 0 fully saturated rings. The van der Waals surface area contributed by atoms with E-state index in [1.807, 2.05) is 5.32 Å². The Labute approximate surface area is 124 Å². The Balaban J connectivity index is 2.29. The molecule has 0 radical (unpaired) electrons. The van der Waals surface area contributed by atoms with Gasteiger partial charge in [-0.2, -0.15) is 13.2 Å². The number of rotatable bonds is 4. The molecule has 0 aliphatic carbocycles. The SMILES string of the molecule is COC[C@@](C)(NC(=O)c1cnc2ccccc2n1)C(F)(F)F. The lowest BCUT2D eigenvalue weighted by atomic mass is 10.0. The molecule has 1 aromatic carbocycles. The van der Waals surface area contributed by atoms with Crippen molar-refractivity contribution in [1.29, 1.82) is 0 Å². The van der Waals surface area contributed by atoms with Crippen molar-refractivity contribution in [2.45, 2.75) is 18.6 Å². The molecular formula is C14H14F3N3O2. The highest BCUT2D eigenvalue weighted by molar-refractivity contribution is 5.94. The number of benzene rings is 1. The van der Waals surface area contributed by atoms with E-state index in [-0.39, 0.29) is 5.69 Å². The summed E-state index contributed by atoms with van der Waals surface area (Å²) in [5.41, 5.74) is -1.72. The first-order valence-electron chi connectivity index (χ1n) is 6.37. The van der Waals surface area contributed by atoms with E-state index in [2.05, 4.69) is 14.7 Å². The third-order valence-electron chi connectivity index (χ3n) is 3.13. The average molecular weight is 313 g/mol. The van der Waals surface area contributed by atoms with Gasteiger partial charge in [-0.15, -0.1) is 0 Å². The number of nitrogens with one attached hydrogen (secondary N) is 1. The second-order valence-corrected chi connectivity index (χ2v) is 4.96. The Kier molecular flexibility index (Phi) is 4.32. The van der Waals surface area contributed by atoms with Crippen molar-refractivity contribution in [2.24, 2.45) is 0 Å². The molecule has 1 aromatic heterocycles. The summed E-state index contributed by atoms with van der Waals surface area (Å²) in [4.78, 5) is 20.1. The van der Waals surface area contributed by atoms with E-state index < -0.39 is 24.2 Å². The maximum atomic E-state index is 13.1. The topological polar surface area (TPSA) is 64.1 Å². The van der Waals surface area contributed by atoms with E-state index in [0.717, 1.165) is 20.2 Å². The molecule has 1 amide bonds. The van der Waals surface area contributed by atoms with Gasteiger partial charge in [0.1, 0.15) is 5.69 Å². The molecule has 0 saturated heterocycles. The van der Waals surface area contributed by atoms with Crippen LogP contribution in [0.3, 0.4) is 0 Å². The van der Waals surface area contributed by atoms with Crippen molar-refractivity contribution < 1.29 is 22.7 Å². The van der Waals surface area contributed by atoms with Crippen LogP contribution in [-0.4, -0.2) is 41.3 Å². The van der Waals surface area contributed by atoms with Crippen LogP contribution in [-0.2, 0) is 4.74 Å². The lowest BCUT2D eigenvalue weighted by Crippen LogP contribution is -2.59. The van der Waals surface area contributed by atoms with Crippen molar-refractivity contribution in [3.63, 3.8) is 0 Å². The van der Waals surface area contributed by atoms with Gasteiger partial charge in [-0.1, -0.05) is 12.1 Å². The fourth-order valence-electron chi connectivity index (χ4n) is 1.86. The second-order valence-electron chi connectivity index (χ2n) is 4.96. The van der Waals surface area contributed by atoms with Gasteiger partial charge in [0.2, 0.25) is 0 Å². The van der Waals surface area contributed by atoms with Crippen LogP contribution < -0.4 is 5.32 Å². The van der Waals surface area contributed by atoms with E-state index >= 15 is 0 Å². The third-order valence-corrected chi connectivity index (χ3v) is 3.13. The van der Waals surface area contributed by atoms with E-state index in [1.54, 1.807) is 24.3 Å². The van der Waals surface area contributed by atoms with Crippen LogP contribution in [0, 0.1) is 0 Å². The molecule has 5 nitrogen and oxygen atoms in total. The molecule has 0 aliphatic rings. The summed E-state index contributed by atoms with van der Waals surface area (Å²) in [5.74, 6) is -0.963. The first-order valence-corrected chi connectivity index (χ1v) is 6.37. The zero-order chi connectivity index (χ0) is 16.4. The summed E-state index contributed by atoms with van der Waals surface area (Å²) in [7, 11) is 1.13. The maximum Gasteiger partial charge on any atom is 0.413 e. The van der Waals surface area contributed by atoms with E-state index in [1.165, 1.54) is 0 Å². The Bertz CT molecular complexity index is 690. The number of carbonyl (C=O) groups excluding carboxylic acids is 1. The van der Waals surface area contributed by atoms with E-state index in [9.17, 15) is 18.0 Å². The van der Waals surface area contributed by atoms with Crippen LogP contribution in [0.4, 0.5) is 13.2 Å². The zero-order valence-electron chi connectivity index (χ0n) is 11.9. The van der Waals surface area contributed by atoms with Gasteiger partial charge < -0.3 is 10.1 Å². The van der Waals surface area contributed by atoms with Crippen molar-refractivity contribution >= 4 is 16.9 Å². The molecule has 0 saturated carbocycles. The summed E-state index contributed by atoms with van der Waals surface area (Å²) in [5, 5.41) is 1.92. The van der Waals surface area contributed by atoms with Gasteiger partial charge in [-0.25, -0.2) is 4.98 Å². The third kappa shape index (κ3) is 3.16. The number of alkyl halides is 3. The molecule has 2 aromatic rings. The fraction of sp³-hybridized carbons (Fsp3) is 0.357. The van der Waals surface area contributed by atoms with Crippen molar-refractivity contribution in [2.75, 3.05) is 13.7 Å². The summed E-state index contributed by atoms with van der Waals surface area (Å²) in [6.07, 6.45) is -3.52. The van der Waals surface area contributed by atoms with Gasteiger partial charge in [-0.05, 0) is 19.1 Å². The second kappa shape index (κ2) is 5.88. The quantitative estimate of drug-likeness (QED) is 0.941. The van der Waals surface area contributed by atoms with Gasteiger partial charge in [0.05, 0.1) is 23.8 Å². The summed E-state index contributed by atoms with van der Waals surface area (Å²) in [6.45, 7) is 0.145. The predicted octanol–water partition coefficient (Wildman–Crippen LogP) is 2.33. The van der Waals surface area contributed by atoms with Gasteiger partial charge in [0.25, 0.3) is 5.91 Å². The summed E-state index contributed by atoms with van der Waals surface area (Å²) < 4.78 is 43.8. The Morgan fingerprint density at radius 3 is 2.50 bits per heavy atom. The highest BCUT2D eigenvalue weighted by Gasteiger charge is 2.52. The number of aromatic nitrogens is 2. The minimum Gasteiger partial charge on any atom is -0.382 e. The lowest BCUT2D eigenvalue weighted by molar-refractivity contribution is -0.200. The molecule has 1 N–H and O–H groups in total. The standard InChI is InChI=1S/C14H14F3N3O2/c1-13(8-22-2,14(15,16)17)20-12(21)11-7-18-9-5-3-4-6-10(9)19-11/h3-7H,8H2,1-2H3,(H,20,21)/t13-/m1/s1. The molecule has 0 aliphatic heterocycles. The molecule has 1 heterocycles. The van der Waals surface area contributed by atoms with Gasteiger partial charge in [0.15, 0.2) is 5.54 Å². The van der Waals surface area contributed by atoms with Gasteiger partial charge >= 0.3 is 6.18 Å². The predicted molar refractivity (Wildman–Crippen MR) is 73.3 cm³/mol. The molecule has 0 bridgehead atoms. The number of para-hydroxylation sites is 2. The Morgan fingerprint density at radius 1 is 1.27 bits per heavy atom. The number of hydrogen-bond acceptors (Lipinski definition) is 4. The van der Waals surface area contributed by atoms with Crippen LogP contribution in [0.25, 0.3) is 11.0 Å². The number of nitrogens with zero attached hydrogens (tertiary/aromatic N) is 2. The van der Waals surface area contributed by atoms with Crippen molar-refractivity contribution in [1.82, 2.24) is 15.3 Å². The summed E-state index contributed by atoms with van der Waals surface area (Å²) in [6, 6.07) is 6.76. The van der Waals surface area contributed by atoms with Crippen LogP contribution in [0.15, 0.2) is 30.5 Å². The minimum absolute atomic E-state index is 0.190. The average Bonchev–Trinajstić information content (AvgIpc) is 2.45. The normalized spacial score (nSPS) is 14.6. The minimum atomic E-state index is -4.66. The Morgan fingerprint density at radius 2 is 1.91 bits per heavy atom. The monoisotopic (exact) mass is 313 g/mol. The van der Waals surface area contributed by atoms with Crippen LogP contribution >= 0.6 is 0 Å². The molecular weight excluding hydrogens is 299 g/mol. The number of amides is 1. The largest absolute Gasteiger partial charge is 0.413 e. The van der Waals surface area contributed by atoms with Crippen LogP contribution in [0.2, 0.25) is 0 Å². The number of fused-ring (bicyclic) bond motifs is 1. The van der Waals surface area contributed by atoms with Gasteiger partial charge in [-0.3, -0.25) is 9.78 Å². The Hall–Kier alpha value is -2.22. The zero-order valence-corrected chi connectivity index (χ0v) is 11.9. The highest BCUT2D eigenvalue weighted by atomic mass is 19.4. The first kappa shape index (κ1) is 16.2. The fourth-order valence-corrected chi connectivity index (χ4v) is 1.86. The molecule has 8 heteroatoms. The van der Waals surface area contributed by atoms with Crippen molar-refractivity contribution in [3.05, 3.63) is 36.2 Å². The van der Waals surface area contributed by atoms with Gasteiger partial charge in [0, 0.05) is 7.11 Å². The molecule has 0 unspecified atom stereocenters. The van der Waals surface area contributed by atoms with Crippen molar-refractivity contribution in [3.8, 4) is 0 Å². The molecule has 0 spiro atoms. The maximum absolute atomic E-state index is 13.1. The van der Waals surface area contributed by atoms with Crippen LogP contribution in [0.5, 0.6) is 0 Å². The number of carbonyl (C=O) groups is 1. The molecule has 118 valence electrons. The molecule has 2 rings (SSSR count). The number of methoxy groups -OCH3 is 1. The molecule has 22 heavy (non-hydrogen) atoms. The lowest BCUT2D eigenvalue weighted by Gasteiger charge is -2.32. The number of hydrogen-bond donors (Lipinski definition) is 1. The van der Waals surface area contributed by atoms with E-state index in [4.69, 9.17) is 0 Å². The number of ether oxygens (including phenoxy) is 1. The molecule has 1 atom stereocenters. The van der Waals surface area contributed by atoms with Crippen LogP contribution in [0.1, 0.15) is 17.4 Å². The highest BCUT2D eigenvalue weighted by Crippen LogP contribution is 2.30. The first-order chi connectivity index (χ1) is 10.3.